The van der Waals surface area contributed by atoms with Crippen molar-refractivity contribution in [1.29, 1.82) is 0 Å². The molecule has 0 heterocycles. The molecule has 0 saturated carbocycles. The molecule has 132 valence electrons. The first-order valence-corrected chi connectivity index (χ1v) is 7.27. The van der Waals surface area contributed by atoms with E-state index in [4.69, 9.17) is 0 Å². The van der Waals surface area contributed by atoms with Gasteiger partial charge in [-0.2, -0.15) is 0 Å². The SMILES string of the molecule is CCCCCC(=O)C(C)(C(=O)O)C(O)(C(=O)O)C(C)(C)C(=O)O. The number of aliphatic hydroxyl groups is 1. The number of carboxylic acid groups (broad SMARTS) is 3. The van der Waals surface area contributed by atoms with E-state index in [1.807, 2.05) is 6.92 Å². The van der Waals surface area contributed by atoms with Gasteiger partial charge in [-0.25, -0.2) is 4.79 Å². The molecule has 0 aliphatic heterocycles. The van der Waals surface area contributed by atoms with E-state index >= 15 is 0 Å². The Balaban J connectivity index is 6.23. The highest BCUT2D eigenvalue weighted by Crippen LogP contribution is 2.46. The van der Waals surface area contributed by atoms with Crippen LogP contribution in [0.5, 0.6) is 0 Å². The number of carboxylic acids is 3. The number of ketones is 1. The van der Waals surface area contributed by atoms with Crippen molar-refractivity contribution in [1.82, 2.24) is 0 Å². The molecule has 0 radical (unpaired) electrons. The largest absolute Gasteiger partial charge is 0.481 e. The second kappa shape index (κ2) is 7.08. The highest BCUT2D eigenvalue weighted by Gasteiger charge is 2.71. The van der Waals surface area contributed by atoms with Crippen LogP contribution in [0.15, 0.2) is 0 Å². The number of Topliss-reactive ketones (excluding diaryl/α,β-unsaturated/α-hetero) is 1. The van der Waals surface area contributed by atoms with Gasteiger partial charge >= 0.3 is 17.9 Å². The Morgan fingerprint density at radius 3 is 1.61 bits per heavy atom. The standard InChI is InChI=1S/C15H24O8/c1-5-6-7-8-9(16)14(4,11(19)20)15(23,12(21)22)13(2,3)10(17)18/h23H,5-8H2,1-4H3,(H,17,18)(H,19,20)(H,21,22). The van der Waals surface area contributed by atoms with Gasteiger partial charge in [-0.3, -0.25) is 14.4 Å². The molecule has 2 atom stereocenters. The normalized spacial score (nSPS) is 16.9. The Labute approximate surface area is 134 Å². The Kier molecular flexibility index (Phi) is 6.47. The lowest BCUT2D eigenvalue weighted by molar-refractivity contribution is -0.213. The third-order valence-corrected chi connectivity index (χ3v) is 4.47. The van der Waals surface area contributed by atoms with Crippen LogP contribution in [0.3, 0.4) is 0 Å². The smallest absolute Gasteiger partial charge is 0.338 e. The van der Waals surface area contributed by atoms with Crippen molar-refractivity contribution >= 4 is 23.7 Å². The van der Waals surface area contributed by atoms with E-state index in [1.165, 1.54) is 0 Å². The van der Waals surface area contributed by atoms with Gasteiger partial charge in [-0.1, -0.05) is 19.8 Å². The highest BCUT2D eigenvalue weighted by atomic mass is 16.4. The van der Waals surface area contributed by atoms with Crippen molar-refractivity contribution < 1.29 is 39.6 Å². The predicted molar refractivity (Wildman–Crippen MR) is 78.9 cm³/mol. The van der Waals surface area contributed by atoms with Crippen molar-refractivity contribution in [3.8, 4) is 0 Å². The fourth-order valence-corrected chi connectivity index (χ4v) is 2.52. The van der Waals surface area contributed by atoms with Gasteiger partial charge in [0.1, 0.15) is 5.41 Å². The van der Waals surface area contributed by atoms with E-state index < -0.39 is 40.1 Å². The number of rotatable bonds is 10. The average molecular weight is 332 g/mol. The van der Waals surface area contributed by atoms with Crippen LogP contribution in [-0.4, -0.2) is 49.7 Å². The van der Waals surface area contributed by atoms with E-state index in [0.29, 0.717) is 12.8 Å². The summed E-state index contributed by atoms with van der Waals surface area (Å²) in [6.45, 7) is 4.39. The van der Waals surface area contributed by atoms with Crippen LogP contribution < -0.4 is 0 Å². The van der Waals surface area contributed by atoms with Gasteiger partial charge in [0.25, 0.3) is 0 Å². The summed E-state index contributed by atoms with van der Waals surface area (Å²) in [5, 5.41) is 38.7. The zero-order valence-corrected chi connectivity index (χ0v) is 13.8. The fraction of sp³-hybridized carbons (Fsp3) is 0.733. The maximum Gasteiger partial charge on any atom is 0.338 e. The third kappa shape index (κ3) is 3.21. The van der Waals surface area contributed by atoms with Crippen LogP contribution >= 0.6 is 0 Å². The van der Waals surface area contributed by atoms with Crippen molar-refractivity contribution in [3.05, 3.63) is 0 Å². The van der Waals surface area contributed by atoms with Gasteiger partial charge in [0, 0.05) is 6.42 Å². The summed E-state index contributed by atoms with van der Waals surface area (Å²) in [4.78, 5) is 47.1. The summed E-state index contributed by atoms with van der Waals surface area (Å²) in [5.74, 6) is -6.69. The van der Waals surface area contributed by atoms with E-state index in [0.717, 1.165) is 27.2 Å². The van der Waals surface area contributed by atoms with Crippen molar-refractivity contribution in [3.63, 3.8) is 0 Å². The van der Waals surface area contributed by atoms with Crippen molar-refractivity contribution in [2.45, 2.75) is 59.0 Å². The molecule has 23 heavy (non-hydrogen) atoms. The molecule has 4 N–H and O–H groups in total. The molecule has 0 aromatic carbocycles. The van der Waals surface area contributed by atoms with Gasteiger partial charge in [0.15, 0.2) is 11.2 Å². The Morgan fingerprint density at radius 2 is 1.30 bits per heavy atom. The minimum Gasteiger partial charge on any atom is -0.481 e. The molecule has 2 unspecified atom stereocenters. The molecule has 0 fully saturated rings. The van der Waals surface area contributed by atoms with Crippen molar-refractivity contribution in [2.75, 3.05) is 0 Å². The maximum atomic E-state index is 12.4. The predicted octanol–water partition coefficient (Wildman–Crippen LogP) is 1.15. The first kappa shape index (κ1) is 21.0. The van der Waals surface area contributed by atoms with Gasteiger partial charge < -0.3 is 20.4 Å². The van der Waals surface area contributed by atoms with Gasteiger partial charge in [-0.05, 0) is 27.2 Å². The molecule has 0 rings (SSSR count). The molecule has 0 bridgehead atoms. The van der Waals surface area contributed by atoms with E-state index in [1.54, 1.807) is 0 Å². The summed E-state index contributed by atoms with van der Waals surface area (Å²) >= 11 is 0. The van der Waals surface area contributed by atoms with Crippen LogP contribution in [0.1, 0.15) is 53.4 Å². The van der Waals surface area contributed by atoms with Gasteiger partial charge in [-0.15, -0.1) is 0 Å². The van der Waals surface area contributed by atoms with E-state index in [9.17, 15) is 39.6 Å². The molecule has 0 saturated heterocycles. The minimum atomic E-state index is -3.32. The lowest BCUT2D eigenvalue weighted by atomic mass is 9.57. The summed E-state index contributed by atoms with van der Waals surface area (Å²) in [5.41, 5.74) is -8.53. The minimum absolute atomic E-state index is 0.262. The maximum absolute atomic E-state index is 12.4. The molecule has 0 aliphatic carbocycles. The summed E-state index contributed by atoms with van der Waals surface area (Å²) in [6, 6.07) is 0. The third-order valence-electron chi connectivity index (χ3n) is 4.47. The van der Waals surface area contributed by atoms with E-state index in [-0.39, 0.29) is 6.42 Å². The highest BCUT2D eigenvalue weighted by molar-refractivity contribution is 6.10. The number of unbranched alkanes of at least 4 members (excludes halogenated alkanes) is 2. The number of aliphatic carboxylic acids is 3. The van der Waals surface area contributed by atoms with Gasteiger partial charge in [0.2, 0.25) is 5.60 Å². The average Bonchev–Trinajstić information content (AvgIpc) is 2.44. The number of carbonyl (C=O) groups is 4. The number of hydrogen-bond acceptors (Lipinski definition) is 5. The van der Waals surface area contributed by atoms with Crippen molar-refractivity contribution in [2.24, 2.45) is 10.8 Å². The summed E-state index contributed by atoms with van der Waals surface area (Å²) in [7, 11) is 0. The molecule has 0 aliphatic rings. The molecule has 8 nitrogen and oxygen atoms in total. The lowest BCUT2D eigenvalue weighted by Crippen LogP contribution is -2.69. The monoisotopic (exact) mass is 332 g/mol. The Morgan fingerprint density at radius 1 is 0.826 bits per heavy atom. The topological polar surface area (TPSA) is 149 Å². The molecule has 0 spiro atoms. The quantitative estimate of drug-likeness (QED) is 0.344. The van der Waals surface area contributed by atoms with Crippen LogP contribution in [0, 0.1) is 10.8 Å². The molecule has 8 heteroatoms. The number of carbonyl (C=O) groups excluding carboxylic acids is 1. The molecule has 0 amide bonds. The zero-order chi connectivity index (χ0) is 18.6. The lowest BCUT2D eigenvalue weighted by Gasteiger charge is -2.45. The Hall–Kier alpha value is -1.96. The molecular formula is C15H24O8. The Bertz CT molecular complexity index is 510. The first-order valence-electron chi connectivity index (χ1n) is 7.27. The van der Waals surface area contributed by atoms with Crippen LogP contribution in [-0.2, 0) is 19.2 Å². The first-order chi connectivity index (χ1) is 10.3. The molecule has 0 aromatic heterocycles. The van der Waals surface area contributed by atoms with Crippen LogP contribution in [0.2, 0.25) is 0 Å². The summed E-state index contributed by atoms with van der Waals surface area (Å²) < 4.78 is 0. The molecule has 0 aromatic rings. The second-order valence-corrected chi connectivity index (χ2v) is 6.26. The zero-order valence-electron chi connectivity index (χ0n) is 13.8. The molecular weight excluding hydrogens is 308 g/mol. The number of hydrogen-bond donors (Lipinski definition) is 4. The van der Waals surface area contributed by atoms with Crippen LogP contribution in [0.4, 0.5) is 0 Å². The van der Waals surface area contributed by atoms with Gasteiger partial charge in [0.05, 0.1) is 0 Å². The fourth-order valence-electron chi connectivity index (χ4n) is 2.52. The summed E-state index contributed by atoms with van der Waals surface area (Å²) in [6.07, 6.45) is 1.43. The van der Waals surface area contributed by atoms with E-state index in [2.05, 4.69) is 0 Å². The second-order valence-electron chi connectivity index (χ2n) is 6.26. The van der Waals surface area contributed by atoms with Crippen LogP contribution in [0.25, 0.3) is 0 Å².